The molecule has 0 bridgehead atoms. The smallest absolute Gasteiger partial charge is 0.160 e. The second-order valence-electron chi connectivity index (χ2n) is 15.4. The molecule has 2 nitrogen and oxygen atoms in total. The fourth-order valence-electron chi connectivity index (χ4n) is 8.51. The van der Waals surface area contributed by atoms with Crippen molar-refractivity contribution in [1.29, 1.82) is 0 Å². The van der Waals surface area contributed by atoms with Gasteiger partial charge in [0.1, 0.15) is 0 Å². The highest BCUT2D eigenvalue weighted by molar-refractivity contribution is 6.25. The molecule has 1 aliphatic carbocycles. The van der Waals surface area contributed by atoms with Gasteiger partial charge in [-0.25, -0.2) is 9.97 Å². The fraction of sp³-hybridized carbons (Fsp3) is 0.0345. The lowest BCUT2D eigenvalue weighted by atomic mass is 9.89. The van der Waals surface area contributed by atoms with Crippen LogP contribution in [0.3, 0.4) is 0 Å². The van der Waals surface area contributed by atoms with Crippen molar-refractivity contribution >= 4 is 43.5 Å². The van der Waals surface area contributed by atoms with Crippen LogP contribution in [0, 0.1) is 19.3 Å². The Morgan fingerprint density at radius 2 is 1.07 bits per heavy atom. The van der Waals surface area contributed by atoms with E-state index in [9.17, 15) is 0 Å². The third-order valence-electron chi connectivity index (χ3n) is 11.4. The first-order valence-corrected chi connectivity index (χ1v) is 20.4. The number of aryl methyl sites for hydroxylation is 1. The highest BCUT2D eigenvalue weighted by atomic mass is 14.9. The molecule has 0 unspecified atom stereocenters. The molecule has 10 rings (SSSR count). The maximum absolute atomic E-state index is 5.93. The fourth-order valence-corrected chi connectivity index (χ4v) is 8.51. The number of hydrogen-bond acceptors (Lipinski definition) is 2. The van der Waals surface area contributed by atoms with E-state index in [4.69, 9.17) is 16.4 Å². The third-order valence-corrected chi connectivity index (χ3v) is 11.4. The Balaban J connectivity index is 0.969. The molecule has 0 saturated heterocycles. The minimum Gasteiger partial charge on any atom is -0.228 e. The van der Waals surface area contributed by atoms with Crippen molar-refractivity contribution in [2.45, 2.75) is 13.3 Å². The van der Waals surface area contributed by atoms with E-state index in [1.54, 1.807) is 0 Å². The molecule has 1 aromatic heterocycles. The summed E-state index contributed by atoms with van der Waals surface area (Å²) in [6.07, 6.45) is 17.6. The average Bonchev–Trinajstić information content (AvgIpc) is 3.32. The number of hydrogen-bond donors (Lipinski definition) is 0. The van der Waals surface area contributed by atoms with Crippen molar-refractivity contribution in [3.63, 3.8) is 0 Å². The summed E-state index contributed by atoms with van der Waals surface area (Å²) in [7, 11) is 0. The molecule has 0 amide bonds. The first kappa shape index (κ1) is 36.5. The van der Waals surface area contributed by atoms with Crippen molar-refractivity contribution < 1.29 is 0 Å². The zero-order valence-electron chi connectivity index (χ0n) is 33.3. The third kappa shape index (κ3) is 7.15. The summed E-state index contributed by atoms with van der Waals surface area (Å²) in [5.41, 5.74) is 14.0. The van der Waals surface area contributed by atoms with E-state index in [0.717, 1.165) is 45.6 Å². The molecule has 0 saturated carbocycles. The number of aromatic nitrogens is 2. The van der Waals surface area contributed by atoms with Gasteiger partial charge in [0.15, 0.2) is 5.82 Å². The van der Waals surface area contributed by atoms with Crippen LogP contribution in [0.25, 0.3) is 88.5 Å². The van der Waals surface area contributed by atoms with Gasteiger partial charge in [0.25, 0.3) is 0 Å². The van der Waals surface area contributed by atoms with Crippen LogP contribution in [0.2, 0.25) is 0 Å². The Hall–Kier alpha value is -7.86. The van der Waals surface area contributed by atoms with E-state index in [-0.39, 0.29) is 0 Å². The molecule has 282 valence electrons. The Labute approximate surface area is 351 Å². The number of allylic oxidation sites excluding steroid dienone is 8. The maximum atomic E-state index is 5.93. The molecular formula is C58H40N2. The summed E-state index contributed by atoms with van der Waals surface area (Å²) in [6.45, 7) is 2.19. The number of fused-ring (bicyclic) bond motifs is 6. The quantitative estimate of drug-likeness (QED) is 0.119. The van der Waals surface area contributed by atoms with E-state index in [0.29, 0.717) is 5.82 Å². The minimum atomic E-state index is 0.696. The van der Waals surface area contributed by atoms with Crippen LogP contribution in [0.1, 0.15) is 23.1 Å². The summed E-state index contributed by atoms with van der Waals surface area (Å²) >= 11 is 0. The lowest BCUT2D eigenvalue weighted by Gasteiger charge is -2.15. The first-order chi connectivity index (χ1) is 29.6. The standard InChI is InChI=1S/C58H40N2/c1-3-15-45(41-26-28-43(29-27-41)57-38-56(42-17-6-4-7-18-42)59-58(60-57)44-19-8-5-9-20-44)34-40-16-14-21-46(35-40)48-32-39(2)33-49(36-48)47-30-31-54-52-24-11-10-22-50(52)51-23-12-13-25-53(51)55(54)37-47/h1,4-15,17-38H,16H2,2H3/b40-34+,45-15+. The van der Waals surface area contributed by atoms with Crippen molar-refractivity contribution in [2.75, 3.05) is 0 Å². The van der Waals surface area contributed by atoms with Crippen LogP contribution in [0.4, 0.5) is 0 Å². The Morgan fingerprint density at radius 1 is 0.517 bits per heavy atom. The van der Waals surface area contributed by atoms with Gasteiger partial charge in [-0.05, 0) is 114 Å². The predicted octanol–water partition coefficient (Wildman–Crippen LogP) is 14.9. The zero-order chi connectivity index (χ0) is 40.4. The largest absolute Gasteiger partial charge is 0.228 e. The lowest BCUT2D eigenvalue weighted by molar-refractivity contribution is 1.18. The summed E-state index contributed by atoms with van der Waals surface area (Å²) in [5.74, 6) is 3.49. The molecule has 0 atom stereocenters. The Morgan fingerprint density at radius 3 is 1.72 bits per heavy atom. The van der Waals surface area contributed by atoms with Gasteiger partial charge in [0, 0.05) is 16.7 Å². The van der Waals surface area contributed by atoms with Crippen molar-refractivity contribution in [3.8, 4) is 57.4 Å². The van der Waals surface area contributed by atoms with Gasteiger partial charge in [-0.15, -0.1) is 6.42 Å². The summed E-state index contributed by atoms with van der Waals surface area (Å²) in [6, 6.07) is 62.3. The molecule has 60 heavy (non-hydrogen) atoms. The van der Waals surface area contributed by atoms with Crippen molar-refractivity contribution in [3.05, 3.63) is 229 Å². The SMILES string of the molecule is C#C/C=C(\C=C1\C=C(c2cc(C)cc(-c3ccc4c5ccccc5c5ccccc5c4c3)c2)C=CC1)c1ccc(-c2cc(-c3ccccc3)nc(-c3ccccc3)n2)cc1. The Bertz CT molecular complexity index is 3170. The van der Waals surface area contributed by atoms with Crippen LogP contribution in [0.5, 0.6) is 0 Å². The number of rotatable bonds is 7. The molecule has 2 heteroatoms. The van der Waals surface area contributed by atoms with Gasteiger partial charge in [0.2, 0.25) is 0 Å². The molecule has 0 N–H and O–H groups in total. The van der Waals surface area contributed by atoms with E-state index < -0.39 is 0 Å². The van der Waals surface area contributed by atoms with E-state index >= 15 is 0 Å². The van der Waals surface area contributed by atoms with Crippen LogP contribution >= 0.6 is 0 Å². The summed E-state index contributed by atoms with van der Waals surface area (Å²) < 4.78 is 0. The van der Waals surface area contributed by atoms with Gasteiger partial charge in [-0.2, -0.15) is 0 Å². The second-order valence-corrected chi connectivity index (χ2v) is 15.4. The van der Waals surface area contributed by atoms with Gasteiger partial charge < -0.3 is 0 Å². The van der Waals surface area contributed by atoms with Crippen LogP contribution < -0.4 is 0 Å². The second kappa shape index (κ2) is 15.8. The topological polar surface area (TPSA) is 25.8 Å². The van der Waals surface area contributed by atoms with Gasteiger partial charge in [-0.1, -0.05) is 188 Å². The van der Waals surface area contributed by atoms with E-state index in [1.165, 1.54) is 65.7 Å². The zero-order valence-corrected chi connectivity index (χ0v) is 33.3. The highest BCUT2D eigenvalue weighted by Gasteiger charge is 2.14. The van der Waals surface area contributed by atoms with E-state index in [1.807, 2.05) is 54.6 Å². The van der Waals surface area contributed by atoms with Crippen LogP contribution in [0.15, 0.2) is 212 Å². The van der Waals surface area contributed by atoms with Crippen LogP contribution in [-0.2, 0) is 0 Å². The summed E-state index contributed by atoms with van der Waals surface area (Å²) in [4.78, 5) is 9.98. The van der Waals surface area contributed by atoms with E-state index in [2.05, 4.69) is 165 Å². The highest BCUT2D eigenvalue weighted by Crippen LogP contribution is 2.38. The molecule has 1 heterocycles. The van der Waals surface area contributed by atoms with Crippen molar-refractivity contribution in [1.82, 2.24) is 9.97 Å². The molecule has 8 aromatic carbocycles. The summed E-state index contributed by atoms with van der Waals surface area (Å²) in [5, 5.41) is 7.70. The van der Waals surface area contributed by atoms with Gasteiger partial charge in [-0.3, -0.25) is 0 Å². The van der Waals surface area contributed by atoms with Gasteiger partial charge >= 0.3 is 0 Å². The molecule has 0 radical (unpaired) electrons. The minimum absolute atomic E-state index is 0.696. The maximum Gasteiger partial charge on any atom is 0.160 e. The molecular weight excluding hydrogens is 725 g/mol. The predicted molar refractivity (Wildman–Crippen MR) is 254 cm³/mol. The Kier molecular flexibility index (Phi) is 9.62. The molecule has 0 aliphatic heterocycles. The van der Waals surface area contributed by atoms with Gasteiger partial charge in [0.05, 0.1) is 11.4 Å². The molecule has 9 aromatic rings. The number of nitrogens with zero attached hydrogens (tertiary/aromatic N) is 2. The molecule has 0 spiro atoms. The number of benzene rings is 8. The molecule has 0 fully saturated rings. The first-order valence-electron chi connectivity index (χ1n) is 20.4. The average molecular weight is 765 g/mol. The normalized spacial score (nSPS) is 13.5. The van der Waals surface area contributed by atoms with Crippen molar-refractivity contribution in [2.24, 2.45) is 0 Å². The van der Waals surface area contributed by atoms with Crippen LogP contribution in [-0.4, -0.2) is 9.97 Å². The lowest BCUT2D eigenvalue weighted by Crippen LogP contribution is -1.96. The molecule has 1 aliphatic rings. The number of terminal acetylenes is 1. The monoisotopic (exact) mass is 764 g/mol.